The lowest BCUT2D eigenvalue weighted by atomic mass is 9.85. The molecule has 2 saturated heterocycles. The molecular weight excluding hydrogens is 318 g/mol. The zero-order valence-corrected chi connectivity index (χ0v) is 15.2. The van der Waals surface area contributed by atoms with E-state index in [1.54, 1.807) is 0 Å². The third-order valence-electron chi connectivity index (χ3n) is 5.68. The predicted molar refractivity (Wildman–Crippen MR) is 95.6 cm³/mol. The minimum absolute atomic E-state index is 0.0463. The molecule has 3 rings (SSSR count). The number of rotatable bonds is 3. The summed E-state index contributed by atoms with van der Waals surface area (Å²) < 4.78 is 0. The van der Waals surface area contributed by atoms with Gasteiger partial charge in [0.2, 0.25) is 0 Å². The number of aliphatic hydroxyl groups is 3. The largest absolute Gasteiger partial charge is 0.391 e. The van der Waals surface area contributed by atoms with Crippen LogP contribution in [0, 0.1) is 0 Å². The van der Waals surface area contributed by atoms with E-state index in [0.717, 1.165) is 0 Å². The van der Waals surface area contributed by atoms with Crippen molar-refractivity contribution in [3.63, 3.8) is 0 Å². The van der Waals surface area contributed by atoms with Gasteiger partial charge in [-0.2, -0.15) is 0 Å². The second-order valence-electron chi connectivity index (χ2n) is 8.50. The first-order valence-corrected chi connectivity index (χ1v) is 9.12. The van der Waals surface area contributed by atoms with Crippen LogP contribution in [0.4, 0.5) is 0 Å². The van der Waals surface area contributed by atoms with Crippen molar-refractivity contribution in [1.29, 1.82) is 0 Å². The van der Waals surface area contributed by atoms with Gasteiger partial charge in [0.05, 0.1) is 24.4 Å². The van der Waals surface area contributed by atoms with E-state index < -0.39 is 24.4 Å². The maximum atomic E-state index is 12.7. The van der Waals surface area contributed by atoms with Gasteiger partial charge in [-0.1, -0.05) is 45.0 Å². The lowest BCUT2D eigenvalue weighted by Gasteiger charge is -2.41. The Morgan fingerprint density at radius 1 is 1.08 bits per heavy atom. The van der Waals surface area contributed by atoms with Gasteiger partial charge in [-0.3, -0.25) is 9.69 Å². The molecule has 3 N–H and O–H groups in total. The second-order valence-corrected chi connectivity index (χ2v) is 8.50. The van der Waals surface area contributed by atoms with Gasteiger partial charge in [-0.05, 0) is 23.8 Å². The van der Waals surface area contributed by atoms with Gasteiger partial charge in [-0.15, -0.1) is 0 Å². The molecular formula is C20H29NO4. The Balaban J connectivity index is 1.70. The fourth-order valence-electron chi connectivity index (χ4n) is 4.12. The van der Waals surface area contributed by atoms with E-state index in [1.807, 2.05) is 29.2 Å². The number of benzene rings is 1. The minimum atomic E-state index is -0.945. The Kier molecular flexibility index (Phi) is 5.04. The highest BCUT2D eigenvalue weighted by atomic mass is 16.3. The third-order valence-corrected chi connectivity index (χ3v) is 5.68. The lowest BCUT2D eigenvalue weighted by Crippen LogP contribution is -2.53. The molecule has 5 nitrogen and oxygen atoms in total. The van der Waals surface area contributed by atoms with Crippen LogP contribution in [0.2, 0.25) is 0 Å². The summed E-state index contributed by atoms with van der Waals surface area (Å²) in [6, 6.07) is 7.26. The molecule has 0 spiro atoms. The van der Waals surface area contributed by atoms with Crippen molar-refractivity contribution in [2.24, 2.45) is 0 Å². The highest BCUT2D eigenvalue weighted by Crippen LogP contribution is 2.34. The number of carbonyl (C=O) groups excluding carboxylic acids is 1. The molecule has 0 amide bonds. The molecule has 0 radical (unpaired) electrons. The van der Waals surface area contributed by atoms with E-state index in [0.29, 0.717) is 31.4 Å². The number of ketones is 1. The van der Waals surface area contributed by atoms with Gasteiger partial charge in [0, 0.05) is 24.6 Å². The molecule has 5 atom stereocenters. The monoisotopic (exact) mass is 347 g/mol. The van der Waals surface area contributed by atoms with Gasteiger partial charge < -0.3 is 15.3 Å². The van der Waals surface area contributed by atoms with Gasteiger partial charge >= 0.3 is 0 Å². The first-order valence-electron chi connectivity index (χ1n) is 9.12. The Hall–Kier alpha value is -1.27. The molecule has 1 aromatic rings. The summed E-state index contributed by atoms with van der Waals surface area (Å²) in [6.45, 7) is 6.73. The predicted octanol–water partition coefficient (Wildman–Crippen LogP) is 1.49. The molecule has 2 aliphatic rings. The van der Waals surface area contributed by atoms with E-state index in [4.69, 9.17) is 0 Å². The quantitative estimate of drug-likeness (QED) is 0.722. The number of carbonyl (C=O) groups is 1. The molecule has 0 aromatic heterocycles. The Morgan fingerprint density at radius 3 is 2.32 bits per heavy atom. The summed E-state index contributed by atoms with van der Waals surface area (Å²) in [5.41, 5.74) is 1.93. The molecule has 0 aliphatic carbocycles. The molecule has 25 heavy (non-hydrogen) atoms. The molecule has 2 aliphatic heterocycles. The smallest absolute Gasteiger partial charge is 0.164 e. The van der Waals surface area contributed by atoms with E-state index >= 15 is 0 Å². The van der Waals surface area contributed by atoms with Crippen LogP contribution in [0.3, 0.4) is 0 Å². The zero-order chi connectivity index (χ0) is 18.4. The average molecular weight is 347 g/mol. The standard InChI is InChI=1S/C20H29NO4/c1-20(2,3)13-6-4-12(5-7-13)16(23)10-14-8-9-15(22)18-19(25)17(24)11-21(14)18/h4-7,14-15,17-19,22,24-25H,8-11H2,1-3H3/t14-,15+,17+,18?,19+/m0/s1. The van der Waals surface area contributed by atoms with E-state index in [-0.39, 0.29) is 17.2 Å². The van der Waals surface area contributed by atoms with Crippen LogP contribution in [-0.2, 0) is 5.41 Å². The van der Waals surface area contributed by atoms with Crippen LogP contribution >= 0.6 is 0 Å². The van der Waals surface area contributed by atoms with Crippen molar-refractivity contribution in [2.75, 3.05) is 6.54 Å². The number of aliphatic hydroxyl groups excluding tert-OH is 3. The van der Waals surface area contributed by atoms with Gasteiger partial charge in [-0.25, -0.2) is 0 Å². The minimum Gasteiger partial charge on any atom is -0.391 e. The normalized spacial score (nSPS) is 33.3. The SMILES string of the molecule is CC(C)(C)c1ccc(C(=O)C[C@@H]2CC[C@@H](O)C3[C@H](O)[C@H](O)CN32)cc1. The van der Waals surface area contributed by atoms with Gasteiger partial charge in [0.15, 0.2) is 5.78 Å². The molecule has 5 heteroatoms. The number of hydrogen-bond donors (Lipinski definition) is 3. The van der Waals surface area contributed by atoms with Crippen LogP contribution in [-0.4, -0.2) is 62.9 Å². The van der Waals surface area contributed by atoms with Crippen molar-refractivity contribution < 1.29 is 20.1 Å². The van der Waals surface area contributed by atoms with Crippen molar-refractivity contribution in [3.05, 3.63) is 35.4 Å². The van der Waals surface area contributed by atoms with Gasteiger partial charge in [0.25, 0.3) is 0 Å². The number of hydrogen-bond acceptors (Lipinski definition) is 5. The molecule has 2 fully saturated rings. The van der Waals surface area contributed by atoms with Crippen molar-refractivity contribution in [3.8, 4) is 0 Å². The molecule has 2 heterocycles. The highest BCUT2D eigenvalue weighted by Gasteiger charge is 2.49. The summed E-state index contributed by atoms with van der Waals surface area (Å²) in [4.78, 5) is 14.6. The van der Waals surface area contributed by atoms with E-state index in [9.17, 15) is 20.1 Å². The fourth-order valence-corrected chi connectivity index (χ4v) is 4.12. The first-order chi connectivity index (χ1) is 11.7. The van der Waals surface area contributed by atoms with Crippen LogP contribution in [0.15, 0.2) is 24.3 Å². The molecule has 1 aromatic carbocycles. The summed E-state index contributed by atoms with van der Waals surface area (Å²) in [5, 5.41) is 30.2. The fraction of sp³-hybridized carbons (Fsp3) is 0.650. The van der Waals surface area contributed by atoms with Gasteiger partial charge in [0.1, 0.15) is 0 Å². The summed E-state index contributed by atoms with van der Waals surface area (Å²) in [5.74, 6) is 0.0662. The Bertz CT molecular complexity index is 622. The van der Waals surface area contributed by atoms with Crippen molar-refractivity contribution in [2.45, 2.75) is 75.8 Å². The molecule has 138 valence electrons. The topological polar surface area (TPSA) is 81.0 Å². The number of piperidine rings is 1. The van der Waals surface area contributed by atoms with Crippen molar-refractivity contribution in [1.82, 2.24) is 4.90 Å². The maximum absolute atomic E-state index is 12.7. The Morgan fingerprint density at radius 2 is 1.72 bits per heavy atom. The third kappa shape index (κ3) is 3.65. The number of Topliss-reactive ketones (excluding diaryl/α,β-unsaturated/α-hetero) is 1. The first kappa shape index (κ1) is 18.5. The van der Waals surface area contributed by atoms with E-state index in [1.165, 1.54) is 5.56 Å². The lowest BCUT2D eigenvalue weighted by molar-refractivity contribution is -0.0453. The average Bonchev–Trinajstić information content (AvgIpc) is 2.86. The molecule has 1 unspecified atom stereocenters. The second kappa shape index (κ2) is 6.80. The summed E-state index contributed by atoms with van der Waals surface area (Å²) >= 11 is 0. The van der Waals surface area contributed by atoms with Crippen molar-refractivity contribution >= 4 is 5.78 Å². The summed E-state index contributed by atoms with van der Waals surface area (Å²) in [7, 11) is 0. The highest BCUT2D eigenvalue weighted by molar-refractivity contribution is 5.96. The van der Waals surface area contributed by atoms with Crippen LogP contribution in [0.1, 0.15) is 56.0 Å². The Labute approximate surface area is 149 Å². The molecule has 0 bridgehead atoms. The number of nitrogens with zero attached hydrogens (tertiary/aromatic N) is 1. The van der Waals surface area contributed by atoms with Crippen LogP contribution in [0.25, 0.3) is 0 Å². The molecule has 0 saturated carbocycles. The van der Waals surface area contributed by atoms with E-state index in [2.05, 4.69) is 20.8 Å². The van der Waals surface area contributed by atoms with Crippen LogP contribution < -0.4 is 0 Å². The summed E-state index contributed by atoms with van der Waals surface area (Å²) in [6.07, 6.45) is -0.864. The number of fused-ring (bicyclic) bond motifs is 1. The maximum Gasteiger partial charge on any atom is 0.164 e. The zero-order valence-electron chi connectivity index (χ0n) is 15.2. The van der Waals surface area contributed by atoms with Crippen LogP contribution in [0.5, 0.6) is 0 Å².